The molecule has 8 rings (SSSR count). The Labute approximate surface area is 278 Å². The number of amidine groups is 2. The number of nitrogens with zero attached hydrogens (tertiary/aromatic N) is 2. The first-order chi connectivity index (χ1) is 22.6. The molecule has 2 N–H and O–H groups in total. The summed E-state index contributed by atoms with van der Waals surface area (Å²) in [6, 6.07) is 37.0. The van der Waals surface area contributed by atoms with E-state index in [1.54, 1.807) is 0 Å². The standard InChI is InChI=1S/C44H41N3/c1-27-12-10-19-37-40(27)35-23-21-30(25-39(35)44(37,4)5)41(45)47-42(34-17-11-14-29-13-6-7-15-31(29)34)46-26-28-20-22-33-32-16-8-9-18-36(32)43(2,3)38(33)24-28/h6-11,13-25,27H,12,26H2,1-5H3,(H2,45,46,47). The molecule has 0 saturated heterocycles. The van der Waals surface area contributed by atoms with Crippen molar-refractivity contribution in [2.24, 2.45) is 21.6 Å². The summed E-state index contributed by atoms with van der Waals surface area (Å²) in [5.41, 5.74) is 20.8. The summed E-state index contributed by atoms with van der Waals surface area (Å²) in [5, 5.41) is 2.27. The van der Waals surface area contributed by atoms with Gasteiger partial charge in [-0.25, -0.2) is 4.99 Å². The average Bonchev–Trinajstić information content (AvgIpc) is 3.46. The van der Waals surface area contributed by atoms with Crippen LogP contribution in [0.1, 0.15) is 80.0 Å². The fraction of sp³-hybridized carbons (Fsp3) is 0.227. The summed E-state index contributed by atoms with van der Waals surface area (Å²) >= 11 is 0. The molecule has 0 saturated carbocycles. The molecule has 5 aromatic rings. The Morgan fingerprint density at radius 2 is 1.47 bits per heavy atom. The molecule has 3 aliphatic rings. The lowest BCUT2D eigenvalue weighted by atomic mass is 9.78. The van der Waals surface area contributed by atoms with Gasteiger partial charge < -0.3 is 5.73 Å². The van der Waals surface area contributed by atoms with E-state index in [4.69, 9.17) is 15.7 Å². The van der Waals surface area contributed by atoms with Crippen molar-refractivity contribution >= 4 is 28.0 Å². The van der Waals surface area contributed by atoms with Crippen LogP contribution in [0.15, 0.2) is 131 Å². The highest BCUT2D eigenvalue weighted by Crippen LogP contribution is 2.52. The second kappa shape index (κ2) is 10.8. The molecule has 3 aliphatic carbocycles. The third-order valence-corrected chi connectivity index (χ3v) is 10.8. The molecule has 232 valence electrons. The minimum atomic E-state index is -0.0836. The molecule has 47 heavy (non-hydrogen) atoms. The molecule has 5 aromatic carbocycles. The van der Waals surface area contributed by atoms with Crippen molar-refractivity contribution in [2.45, 2.75) is 58.4 Å². The van der Waals surface area contributed by atoms with Gasteiger partial charge in [-0.05, 0) is 79.3 Å². The van der Waals surface area contributed by atoms with Crippen LogP contribution < -0.4 is 5.73 Å². The normalized spacial score (nSPS) is 19.0. The van der Waals surface area contributed by atoms with E-state index in [1.807, 2.05) is 0 Å². The van der Waals surface area contributed by atoms with Crippen molar-refractivity contribution in [2.75, 3.05) is 0 Å². The van der Waals surface area contributed by atoms with E-state index in [0.717, 1.165) is 33.9 Å². The number of allylic oxidation sites excluding steroid dienone is 4. The van der Waals surface area contributed by atoms with E-state index in [2.05, 4.69) is 150 Å². The van der Waals surface area contributed by atoms with E-state index in [1.165, 1.54) is 44.5 Å². The highest BCUT2D eigenvalue weighted by atomic mass is 15.0. The van der Waals surface area contributed by atoms with Gasteiger partial charge in [-0.3, -0.25) is 4.99 Å². The van der Waals surface area contributed by atoms with Crippen LogP contribution in [-0.4, -0.2) is 11.7 Å². The van der Waals surface area contributed by atoms with Gasteiger partial charge in [0.1, 0.15) is 5.84 Å². The molecule has 3 heteroatoms. The Hall–Kier alpha value is -5.02. The number of rotatable bonds is 4. The molecule has 3 nitrogen and oxygen atoms in total. The van der Waals surface area contributed by atoms with Crippen LogP contribution in [0, 0.1) is 5.92 Å². The van der Waals surface area contributed by atoms with Gasteiger partial charge >= 0.3 is 0 Å². The van der Waals surface area contributed by atoms with Crippen molar-refractivity contribution in [3.8, 4) is 11.1 Å². The first kappa shape index (κ1) is 29.4. The fourth-order valence-electron chi connectivity index (χ4n) is 8.22. The molecule has 0 amide bonds. The van der Waals surface area contributed by atoms with Gasteiger partial charge in [0.15, 0.2) is 5.84 Å². The summed E-state index contributed by atoms with van der Waals surface area (Å²) in [6.07, 6.45) is 5.73. The summed E-state index contributed by atoms with van der Waals surface area (Å²) in [7, 11) is 0. The maximum Gasteiger partial charge on any atom is 0.157 e. The molecular formula is C44H41N3. The maximum atomic E-state index is 6.90. The summed E-state index contributed by atoms with van der Waals surface area (Å²) in [6.45, 7) is 12.1. The fourth-order valence-corrected chi connectivity index (χ4v) is 8.22. The van der Waals surface area contributed by atoms with Crippen LogP contribution in [0.2, 0.25) is 0 Å². The van der Waals surface area contributed by atoms with Crippen LogP contribution in [-0.2, 0) is 17.4 Å². The minimum Gasteiger partial charge on any atom is -0.383 e. The molecule has 0 aliphatic heterocycles. The van der Waals surface area contributed by atoms with Crippen molar-refractivity contribution in [1.82, 2.24) is 0 Å². The molecule has 0 heterocycles. The van der Waals surface area contributed by atoms with Crippen molar-refractivity contribution in [1.29, 1.82) is 0 Å². The van der Waals surface area contributed by atoms with Crippen LogP contribution >= 0.6 is 0 Å². The quantitative estimate of drug-likeness (QED) is 0.160. The zero-order chi connectivity index (χ0) is 32.5. The zero-order valence-corrected chi connectivity index (χ0v) is 27.9. The predicted molar refractivity (Wildman–Crippen MR) is 198 cm³/mol. The Morgan fingerprint density at radius 3 is 2.34 bits per heavy atom. The number of hydrogen-bond donors (Lipinski definition) is 1. The number of benzene rings is 5. The largest absolute Gasteiger partial charge is 0.383 e. The summed E-state index contributed by atoms with van der Waals surface area (Å²) in [5.74, 6) is 1.64. The molecule has 0 aromatic heterocycles. The second-order valence-corrected chi connectivity index (χ2v) is 14.5. The van der Waals surface area contributed by atoms with Gasteiger partial charge in [0.05, 0.1) is 6.54 Å². The molecule has 0 spiro atoms. The molecule has 0 bridgehead atoms. The Balaban J connectivity index is 1.20. The molecule has 0 radical (unpaired) electrons. The molecule has 1 atom stereocenters. The van der Waals surface area contributed by atoms with E-state index in [0.29, 0.717) is 24.1 Å². The number of fused-ring (bicyclic) bond motifs is 6. The first-order valence-electron chi connectivity index (χ1n) is 16.8. The second-order valence-electron chi connectivity index (χ2n) is 14.5. The van der Waals surface area contributed by atoms with Crippen molar-refractivity contribution in [3.05, 3.63) is 160 Å². The van der Waals surface area contributed by atoms with E-state index < -0.39 is 0 Å². The third-order valence-electron chi connectivity index (χ3n) is 10.8. The van der Waals surface area contributed by atoms with E-state index >= 15 is 0 Å². The monoisotopic (exact) mass is 611 g/mol. The molecule has 0 fully saturated rings. The molecule has 1 unspecified atom stereocenters. The summed E-state index contributed by atoms with van der Waals surface area (Å²) in [4.78, 5) is 10.3. The van der Waals surface area contributed by atoms with Gasteiger partial charge in [0.25, 0.3) is 0 Å². The first-order valence-corrected chi connectivity index (χ1v) is 16.8. The number of aliphatic imine (C=N–C) groups is 2. The zero-order valence-electron chi connectivity index (χ0n) is 27.9. The number of nitrogens with two attached hydrogens (primary N) is 1. The lowest BCUT2D eigenvalue weighted by molar-refractivity contribution is 0.643. The van der Waals surface area contributed by atoms with Gasteiger partial charge in [0.2, 0.25) is 0 Å². The Bertz CT molecular complexity index is 2220. The lowest BCUT2D eigenvalue weighted by Crippen LogP contribution is -2.20. The van der Waals surface area contributed by atoms with Gasteiger partial charge in [-0.15, -0.1) is 0 Å². The maximum absolute atomic E-state index is 6.90. The molecular weight excluding hydrogens is 571 g/mol. The van der Waals surface area contributed by atoms with E-state index in [9.17, 15) is 0 Å². The smallest absolute Gasteiger partial charge is 0.157 e. The predicted octanol–water partition coefficient (Wildman–Crippen LogP) is 10.1. The van der Waals surface area contributed by atoms with Crippen molar-refractivity contribution < 1.29 is 0 Å². The van der Waals surface area contributed by atoms with Crippen LogP contribution in [0.4, 0.5) is 0 Å². The van der Waals surface area contributed by atoms with Gasteiger partial charge in [0, 0.05) is 22.0 Å². The van der Waals surface area contributed by atoms with Crippen LogP contribution in [0.3, 0.4) is 0 Å². The van der Waals surface area contributed by atoms with Gasteiger partial charge in [-0.2, -0.15) is 0 Å². The minimum absolute atomic E-state index is 0.0598. The topological polar surface area (TPSA) is 50.7 Å². The van der Waals surface area contributed by atoms with E-state index in [-0.39, 0.29) is 10.8 Å². The highest BCUT2D eigenvalue weighted by Gasteiger charge is 2.39. The summed E-state index contributed by atoms with van der Waals surface area (Å²) < 4.78 is 0. The SMILES string of the molecule is CC1CC=CC2=C1c1ccc(C(N)=NC(=NCc3ccc4c(c3)C(C)(C)c3ccccc3-4)c3cccc4ccccc34)cc1C2(C)C. The number of hydrogen-bond acceptors (Lipinski definition) is 1. The van der Waals surface area contributed by atoms with Crippen LogP contribution in [0.5, 0.6) is 0 Å². The Morgan fingerprint density at radius 1 is 0.745 bits per heavy atom. The van der Waals surface area contributed by atoms with Crippen molar-refractivity contribution in [3.63, 3.8) is 0 Å². The highest BCUT2D eigenvalue weighted by molar-refractivity contribution is 6.16. The third kappa shape index (κ3) is 4.63. The lowest BCUT2D eigenvalue weighted by Gasteiger charge is -2.25. The van der Waals surface area contributed by atoms with Gasteiger partial charge in [-0.1, -0.05) is 144 Å². The average molecular weight is 612 g/mol. The Kier molecular flexibility index (Phi) is 6.74. The van der Waals surface area contributed by atoms with Crippen LogP contribution in [0.25, 0.3) is 27.5 Å².